The van der Waals surface area contributed by atoms with Gasteiger partial charge < -0.3 is 20.9 Å². The number of hydrogen-bond acceptors (Lipinski definition) is 3. The lowest BCUT2D eigenvalue weighted by Gasteiger charge is -2.12. The van der Waals surface area contributed by atoms with Crippen molar-refractivity contribution in [3.8, 4) is 0 Å². The van der Waals surface area contributed by atoms with E-state index in [2.05, 4.69) is 10.3 Å². The molecule has 0 aliphatic heterocycles. The van der Waals surface area contributed by atoms with Crippen molar-refractivity contribution in [2.45, 2.75) is 31.7 Å². The Morgan fingerprint density at radius 3 is 2.80 bits per heavy atom. The van der Waals surface area contributed by atoms with Crippen LogP contribution in [-0.2, 0) is 4.74 Å². The fraction of sp³-hybridized carbons (Fsp3) is 0.900. The number of hydrogen-bond donors (Lipinski definition) is 3. The van der Waals surface area contributed by atoms with Crippen LogP contribution in [0.5, 0.6) is 0 Å². The molecule has 1 aliphatic rings. The van der Waals surface area contributed by atoms with Gasteiger partial charge in [-0.05, 0) is 12.8 Å². The van der Waals surface area contributed by atoms with E-state index in [9.17, 15) is 0 Å². The number of ether oxygens (including phenoxy) is 1. The highest BCUT2D eigenvalue weighted by Gasteiger charge is 2.14. The molecule has 0 heterocycles. The first kappa shape index (κ1) is 12.3. The van der Waals surface area contributed by atoms with Crippen LogP contribution >= 0.6 is 0 Å². The molecule has 5 heteroatoms. The smallest absolute Gasteiger partial charge is 0.188 e. The summed E-state index contributed by atoms with van der Waals surface area (Å²) < 4.78 is 5.06. The highest BCUT2D eigenvalue weighted by atomic mass is 16.5. The number of aliphatic imine (C=N–C) groups is 1. The largest absolute Gasteiger partial charge is 0.394 e. The maximum atomic E-state index is 8.47. The van der Waals surface area contributed by atoms with Gasteiger partial charge in [0, 0.05) is 6.04 Å². The Morgan fingerprint density at radius 2 is 2.13 bits per heavy atom. The molecule has 1 rings (SSSR count). The van der Waals surface area contributed by atoms with Crippen LogP contribution in [-0.4, -0.2) is 43.5 Å². The van der Waals surface area contributed by atoms with Gasteiger partial charge in [0.05, 0.1) is 26.4 Å². The number of nitrogens with one attached hydrogen (secondary N) is 1. The van der Waals surface area contributed by atoms with Crippen LogP contribution < -0.4 is 11.1 Å². The molecule has 1 fully saturated rings. The Balaban J connectivity index is 2.04. The molecule has 0 aromatic carbocycles. The Labute approximate surface area is 90.7 Å². The van der Waals surface area contributed by atoms with Gasteiger partial charge >= 0.3 is 0 Å². The summed E-state index contributed by atoms with van der Waals surface area (Å²) in [5.74, 6) is 0.509. The molecule has 0 radical (unpaired) electrons. The summed E-state index contributed by atoms with van der Waals surface area (Å²) in [6.45, 7) is 1.48. The van der Waals surface area contributed by atoms with Gasteiger partial charge in [-0.3, -0.25) is 4.99 Å². The van der Waals surface area contributed by atoms with E-state index in [0.717, 1.165) is 0 Å². The summed E-state index contributed by atoms with van der Waals surface area (Å²) in [5, 5.41) is 11.7. The van der Waals surface area contributed by atoms with E-state index in [-0.39, 0.29) is 6.61 Å². The Morgan fingerprint density at radius 1 is 1.40 bits per heavy atom. The van der Waals surface area contributed by atoms with E-state index in [4.69, 9.17) is 15.6 Å². The lowest BCUT2D eigenvalue weighted by molar-refractivity contribution is 0.0977. The SMILES string of the molecule is NC(=NCCOCCO)NC1CCCC1. The summed E-state index contributed by atoms with van der Waals surface area (Å²) in [6, 6.07) is 0.507. The minimum absolute atomic E-state index is 0.0551. The molecular weight excluding hydrogens is 194 g/mol. The topological polar surface area (TPSA) is 79.9 Å². The quantitative estimate of drug-likeness (QED) is 0.327. The lowest BCUT2D eigenvalue weighted by Crippen LogP contribution is -2.38. The predicted octanol–water partition coefficient (Wildman–Crippen LogP) is -0.158. The Kier molecular flexibility index (Phi) is 6.11. The molecule has 0 bridgehead atoms. The van der Waals surface area contributed by atoms with Crippen molar-refractivity contribution >= 4 is 5.96 Å². The van der Waals surface area contributed by atoms with Crippen molar-refractivity contribution in [1.82, 2.24) is 5.32 Å². The van der Waals surface area contributed by atoms with Gasteiger partial charge in [0.25, 0.3) is 0 Å². The summed E-state index contributed by atoms with van der Waals surface area (Å²) in [6.07, 6.45) is 4.95. The maximum Gasteiger partial charge on any atom is 0.188 e. The van der Waals surface area contributed by atoms with Gasteiger partial charge in [0.1, 0.15) is 0 Å². The highest BCUT2D eigenvalue weighted by molar-refractivity contribution is 5.78. The molecule has 15 heavy (non-hydrogen) atoms. The monoisotopic (exact) mass is 215 g/mol. The van der Waals surface area contributed by atoms with Gasteiger partial charge in [-0.15, -0.1) is 0 Å². The van der Waals surface area contributed by atoms with Crippen LogP contribution in [0.1, 0.15) is 25.7 Å². The Bertz CT molecular complexity index is 191. The predicted molar refractivity (Wildman–Crippen MR) is 59.8 cm³/mol. The van der Waals surface area contributed by atoms with Crippen molar-refractivity contribution in [1.29, 1.82) is 0 Å². The van der Waals surface area contributed by atoms with Gasteiger partial charge in [-0.1, -0.05) is 12.8 Å². The fourth-order valence-electron chi connectivity index (χ4n) is 1.72. The molecule has 0 atom stereocenters. The molecule has 5 nitrogen and oxygen atoms in total. The van der Waals surface area contributed by atoms with Crippen molar-refractivity contribution in [2.24, 2.45) is 10.7 Å². The molecule has 0 spiro atoms. The van der Waals surface area contributed by atoms with Crippen LogP contribution in [0.3, 0.4) is 0 Å². The van der Waals surface area contributed by atoms with Crippen LogP contribution in [0.15, 0.2) is 4.99 Å². The standard InChI is InChI=1S/C10H21N3O2/c11-10(12-5-7-15-8-6-14)13-9-3-1-2-4-9/h9,14H,1-8H2,(H3,11,12,13). The van der Waals surface area contributed by atoms with E-state index >= 15 is 0 Å². The fourth-order valence-corrected chi connectivity index (χ4v) is 1.72. The number of aliphatic hydroxyl groups is 1. The molecule has 88 valence electrons. The number of nitrogens with zero attached hydrogens (tertiary/aromatic N) is 1. The zero-order valence-electron chi connectivity index (χ0n) is 9.11. The van der Waals surface area contributed by atoms with E-state index in [1.54, 1.807) is 0 Å². The zero-order chi connectivity index (χ0) is 10.9. The molecule has 1 saturated carbocycles. The summed E-state index contributed by atoms with van der Waals surface area (Å²) >= 11 is 0. The average molecular weight is 215 g/mol. The van der Waals surface area contributed by atoms with Crippen LogP contribution in [0.4, 0.5) is 0 Å². The summed E-state index contributed by atoms with van der Waals surface area (Å²) in [7, 11) is 0. The number of nitrogens with two attached hydrogens (primary N) is 1. The van der Waals surface area contributed by atoms with Crippen molar-refractivity contribution < 1.29 is 9.84 Å². The molecule has 1 aliphatic carbocycles. The molecule has 0 aromatic heterocycles. The number of guanidine groups is 1. The third-order valence-corrected chi connectivity index (χ3v) is 2.46. The summed E-state index contributed by atoms with van der Waals surface area (Å²) in [4.78, 5) is 4.14. The lowest BCUT2D eigenvalue weighted by atomic mass is 10.2. The second-order valence-corrected chi connectivity index (χ2v) is 3.73. The van der Waals surface area contributed by atoms with Gasteiger partial charge in [-0.25, -0.2) is 0 Å². The average Bonchev–Trinajstić information content (AvgIpc) is 2.70. The first-order valence-corrected chi connectivity index (χ1v) is 5.58. The first-order chi connectivity index (χ1) is 7.33. The van der Waals surface area contributed by atoms with Crippen molar-refractivity contribution in [2.75, 3.05) is 26.4 Å². The van der Waals surface area contributed by atoms with Crippen molar-refractivity contribution in [3.63, 3.8) is 0 Å². The van der Waals surface area contributed by atoms with E-state index in [0.29, 0.717) is 31.8 Å². The first-order valence-electron chi connectivity index (χ1n) is 5.58. The minimum atomic E-state index is 0.0551. The van der Waals surface area contributed by atoms with E-state index in [1.807, 2.05) is 0 Å². The van der Waals surface area contributed by atoms with E-state index in [1.165, 1.54) is 25.7 Å². The third-order valence-electron chi connectivity index (χ3n) is 2.46. The van der Waals surface area contributed by atoms with Crippen LogP contribution in [0, 0.1) is 0 Å². The zero-order valence-corrected chi connectivity index (χ0v) is 9.11. The second-order valence-electron chi connectivity index (χ2n) is 3.73. The molecule has 4 N–H and O–H groups in total. The maximum absolute atomic E-state index is 8.47. The molecular formula is C10H21N3O2. The van der Waals surface area contributed by atoms with Gasteiger partial charge in [-0.2, -0.15) is 0 Å². The molecule has 0 unspecified atom stereocenters. The molecule has 0 aromatic rings. The Hall–Kier alpha value is -0.810. The number of rotatable bonds is 6. The van der Waals surface area contributed by atoms with Crippen molar-refractivity contribution in [3.05, 3.63) is 0 Å². The van der Waals surface area contributed by atoms with Gasteiger partial charge in [0.2, 0.25) is 0 Å². The number of aliphatic hydroxyl groups excluding tert-OH is 1. The minimum Gasteiger partial charge on any atom is -0.394 e. The third kappa shape index (κ3) is 5.59. The van der Waals surface area contributed by atoms with Crippen LogP contribution in [0.2, 0.25) is 0 Å². The normalized spacial score (nSPS) is 18.3. The molecule has 0 saturated heterocycles. The van der Waals surface area contributed by atoms with E-state index < -0.39 is 0 Å². The highest BCUT2D eigenvalue weighted by Crippen LogP contribution is 2.17. The van der Waals surface area contributed by atoms with Crippen LogP contribution in [0.25, 0.3) is 0 Å². The summed E-state index contributed by atoms with van der Waals surface area (Å²) in [5.41, 5.74) is 5.70. The second kappa shape index (κ2) is 7.48. The molecule has 0 amide bonds. The van der Waals surface area contributed by atoms with Gasteiger partial charge in [0.15, 0.2) is 5.96 Å².